The van der Waals surface area contributed by atoms with Gasteiger partial charge < -0.3 is 5.11 Å². The van der Waals surface area contributed by atoms with Crippen molar-refractivity contribution >= 4 is 0 Å². The quantitative estimate of drug-likeness (QED) is 0.864. The minimum atomic E-state index is -0.462. The van der Waals surface area contributed by atoms with Gasteiger partial charge in [0.1, 0.15) is 0 Å². The van der Waals surface area contributed by atoms with Gasteiger partial charge in [-0.15, -0.1) is 0 Å². The van der Waals surface area contributed by atoms with Gasteiger partial charge in [-0.2, -0.15) is 0 Å². The molecule has 1 aromatic rings. The molecule has 0 aliphatic rings. The maximum Gasteiger partial charge on any atom is 0.0968 e. The van der Waals surface area contributed by atoms with Crippen LogP contribution in [-0.4, -0.2) is 28.6 Å². The van der Waals surface area contributed by atoms with Crippen LogP contribution in [0.1, 0.15) is 50.5 Å². The third kappa shape index (κ3) is 3.12. The van der Waals surface area contributed by atoms with E-state index in [2.05, 4.69) is 64.6 Å². The molecule has 1 rings (SSSR count). The zero-order valence-corrected chi connectivity index (χ0v) is 12.6. The lowest BCUT2D eigenvalue weighted by Crippen LogP contribution is -2.48. The summed E-state index contributed by atoms with van der Waals surface area (Å²) in [6.07, 6.45) is -0.462. The maximum atomic E-state index is 10.7. The van der Waals surface area contributed by atoms with Crippen molar-refractivity contribution in [2.24, 2.45) is 0 Å². The van der Waals surface area contributed by atoms with Crippen molar-refractivity contribution in [3.63, 3.8) is 0 Å². The molecule has 0 spiro atoms. The van der Waals surface area contributed by atoms with Gasteiger partial charge in [0.25, 0.3) is 0 Å². The van der Waals surface area contributed by atoms with Gasteiger partial charge in [0, 0.05) is 5.54 Å². The minimum absolute atomic E-state index is 0.246. The second-order valence-corrected chi connectivity index (χ2v) is 5.65. The highest BCUT2D eigenvalue weighted by Crippen LogP contribution is 2.31. The van der Waals surface area contributed by atoms with Crippen LogP contribution in [0.3, 0.4) is 0 Å². The summed E-state index contributed by atoms with van der Waals surface area (Å²) in [6, 6.07) is 6.31. The number of aryl methyl sites for hydroxylation is 2. The summed E-state index contributed by atoms with van der Waals surface area (Å²) in [7, 11) is 0. The summed E-state index contributed by atoms with van der Waals surface area (Å²) in [4.78, 5) is 2.30. The molecule has 2 nitrogen and oxygen atoms in total. The lowest BCUT2D eigenvalue weighted by atomic mass is 9.88. The average molecular weight is 249 g/mol. The van der Waals surface area contributed by atoms with Gasteiger partial charge in [-0.1, -0.05) is 43.2 Å². The summed E-state index contributed by atoms with van der Waals surface area (Å²) in [5.74, 6) is 0. The van der Waals surface area contributed by atoms with E-state index < -0.39 is 6.10 Å². The van der Waals surface area contributed by atoms with Gasteiger partial charge in [-0.3, -0.25) is 4.90 Å². The number of aliphatic hydroxyl groups excluding tert-OH is 1. The molecule has 0 saturated heterocycles. The Morgan fingerprint density at radius 2 is 1.50 bits per heavy atom. The van der Waals surface area contributed by atoms with Gasteiger partial charge >= 0.3 is 0 Å². The Morgan fingerprint density at radius 1 is 1.06 bits per heavy atom. The third-order valence-corrected chi connectivity index (χ3v) is 3.81. The van der Waals surface area contributed by atoms with Crippen LogP contribution in [0.15, 0.2) is 18.2 Å². The molecule has 0 saturated carbocycles. The number of likely N-dealkylation sites (N-methyl/N-ethyl adjacent to an activating group) is 1. The summed E-state index contributed by atoms with van der Waals surface area (Å²) in [6.45, 7) is 14.6. The molecule has 0 aliphatic heterocycles. The Morgan fingerprint density at radius 3 is 1.89 bits per heavy atom. The summed E-state index contributed by atoms with van der Waals surface area (Å²) < 4.78 is 0. The van der Waals surface area contributed by atoms with Crippen molar-refractivity contribution in [3.8, 4) is 0 Å². The van der Waals surface area contributed by atoms with Crippen molar-refractivity contribution < 1.29 is 5.11 Å². The zero-order valence-electron chi connectivity index (χ0n) is 12.6. The van der Waals surface area contributed by atoms with Crippen LogP contribution in [0.4, 0.5) is 0 Å². The minimum Gasteiger partial charge on any atom is -0.386 e. The number of nitrogens with zero attached hydrogens (tertiary/aromatic N) is 1. The highest BCUT2D eigenvalue weighted by molar-refractivity contribution is 5.31. The van der Waals surface area contributed by atoms with E-state index in [1.807, 2.05) is 0 Å². The molecule has 0 aromatic heterocycles. The average Bonchev–Trinajstić information content (AvgIpc) is 2.27. The van der Waals surface area contributed by atoms with E-state index in [1.54, 1.807) is 0 Å². The van der Waals surface area contributed by atoms with Gasteiger partial charge in [-0.25, -0.2) is 0 Å². The normalized spacial score (nSPS) is 14.0. The molecule has 18 heavy (non-hydrogen) atoms. The molecular weight excluding hydrogens is 222 g/mol. The second kappa shape index (κ2) is 5.85. The number of hydrogen-bond donors (Lipinski definition) is 1. The predicted octanol–water partition coefficient (Wildman–Crippen LogP) is 3.46. The predicted molar refractivity (Wildman–Crippen MR) is 77.9 cm³/mol. The third-order valence-electron chi connectivity index (χ3n) is 3.81. The molecular formula is C16H27NO. The Bertz CT molecular complexity index is 374. The highest BCUT2D eigenvalue weighted by Gasteiger charge is 2.33. The molecule has 0 fully saturated rings. The molecule has 102 valence electrons. The fourth-order valence-corrected chi connectivity index (χ4v) is 2.79. The van der Waals surface area contributed by atoms with E-state index in [-0.39, 0.29) is 5.54 Å². The number of aliphatic hydroxyl groups is 1. The molecule has 1 N–H and O–H groups in total. The van der Waals surface area contributed by atoms with Crippen LogP contribution >= 0.6 is 0 Å². The molecule has 2 heteroatoms. The van der Waals surface area contributed by atoms with Gasteiger partial charge in [0.05, 0.1) is 6.10 Å². The highest BCUT2D eigenvalue weighted by atomic mass is 16.3. The summed E-state index contributed by atoms with van der Waals surface area (Å²) in [5, 5.41) is 10.7. The molecule has 0 heterocycles. The van der Waals surface area contributed by atoms with Crippen LogP contribution in [0, 0.1) is 13.8 Å². The van der Waals surface area contributed by atoms with Gasteiger partial charge in [0.15, 0.2) is 0 Å². The van der Waals surface area contributed by atoms with E-state index in [0.717, 1.165) is 18.7 Å². The Hall–Kier alpha value is -0.860. The molecule has 0 radical (unpaired) electrons. The Labute approximate surface area is 112 Å². The fraction of sp³-hybridized carbons (Fsp3) is 0.625. The van der Waals surface area contributed by atoms with Crippen molar-refractivity contribution in [3.05, 3.63) is 34.9 Å². The topological polar surface area (TPSA) is 23.5 Å². The fourth-order valence-electron chi connectivity index (χ4n) is 2.79. The lowest BCUT2D eigenvalue weighted by molar-refractivity contribution is -0.00631. The van der Waals surface area contributed by atoms with Crippen LogP contribution in [0.5, 0.6) is 0 Å². The van der Waals surface area contributed by atoms with Crippen LogP contribution < -0.4 is 0 Å². The van der Waals surface area contributed by atoms with E-state index >= 15 is 0 Å². The van der Waals surface area contributed by atoms with E-state index in [4.69, 9.17) is 0 Å². The first-order chi connectivity index (χ1) is 8.32. The van der Waals surface area contributed by atoms with Crippen LogP contribution in [0.2, 0.25) is 0 Å². The number of hydrogen-bond acceptors (Lipinski definition) is 2. The smallest absolute Gasteiger partial charge is 0.0968 e. The SMILES string of the molecule is CCN(CC)C(C)(C)C(O)c1cc(C)cc(C)c1. The maximum absolute atomic E-state index is 10.7. The van der Waals surface area contributed by atoms with Crippen molar-refractivity contribution in [1.82, 2.24) is 4.90 Å². The van der Waals surface area contributed by atoms with Crippen LogP contribution in [0.25, 0.3) is 0 Å². The molecule has 1 unspecified atom stereocenters. The lowest BCUT2D eigenvalue weighted by Gasteiger charge is -2.41. The standard InChI is InChI=1S/C16H27NO/c1-7-17(8-2)16(5,6)15(18)14-10-12(3)9-13(4)11-14/h9-11,15,18H,7-8H2,1-6H3. The van der Waals surface area contributed by atoms with Crippen molar-refractivity contribution in [2.75, 3.05) is 13.1 Å². The molecule has 0 amide bonds. The first-order valence-corrected chi connectivity index (χ1v) is 6.84. The zero-order chi connectivity index (χ0) is 13.9. The van der Waals surface area contributed by atoms with Gasteiger partial charge in [-0.05, 0) is 46.3 Å². The Balaban J connectivity index is 3.08. The van der Waals surface area contributed by atoms with E-state index in [0.29, 0.717) is 0 Å². The molecule has 1 aromatic carbocycles. The van der Waals surface area contributed by atoms with Crippen molar-refractivity contribution in [1.29, 1.82) is 0 Å². The largest absolute Gasteiger partial charge is 0.386 e. The van der Waals surface area contributed by atoms with Crippen LogP contribution in [-0.2, 0) is 0 Å². The monoisotopic (exact) mass is 249 g/mol. The molecule has 0 bridgehead atoms. The van der Waals surface area contributed by atoms with Crippen molar-refractivity contribution in [2.45, 2.75) is 53.2 Å². The molecule has 1 atom stereocenters. The first-order valence-electron chi connectivity index (χ1n) is 6.84. The van der Waals surface area contributed by atoms with Gasteiger partial charge in [0.2, 0.25) is 0 Å². The second-order valence-electron chi connectivity index (χ2n) is 5.65. The number of rotatable bonds is 5. The first kappa shape index (κ1) is 15.2. The van der Waals surface area contributed by atoms with E-state index in [1.165, 1.54) is 11.1 Å². The summed E-state index contributed by atoms with van der Waals surface area (Å²) in [5.41, 5.74) is 3.19. The Kier molecular flexibility index (Phi) is 4.94. The van der Waals surface area contributed by atoms with E-state index in [9.17, 15) is 5.11 Å². The molecule has 0 aliphatic carbocycles. The summed E-state index contributed by atoms with van der Waals surface area (Å²) >= 11 is 0. The number of benzene rings is 1.